The zero-order chi connectivity index (χ0) is 12.1. The smallest absolute Gasteiger partial charge is 0.227 e. The minimum Gasteiger partial charge on any atom is -0.311 e. The normalized spacial score (nSPS) is 15.2. The fourth-order valence-corrected chi connectivity index (χ4v) is 2.18. The largest absolute Gasteiger partial charge is 0.311 e. The zero-order valence-electron chi connectivity index (χ0n) is 10.4. The number of nitrogens with zero attached hydrogens (tertiary/aromatic N) is 1. The molecule has 2 rings (SSSR count). The topological polar surface area (TPSA) is 32.3 Å². The quantitative estimate of drug-likeness (QED) is 0.867. The molecule has 3 heteroatoms. The molecule has 1 aliphatic heterocycles. The van der Waals surface area contributed by atoms with Gasteiger partial charge < -0.3 is 10.2 Å². The molecule has 17 heavy (non-hydrogen) atoms. The molecule has 1 amide bonds. The predicted molar refractivity (Wildman–Crippen MR) is 70.0 cm³/mol. The van der Waals surface area contributed by atoms with Crippen molar-refractivity contribution in [3.8, 4) is 0 Å². The lowest BCUT2D eigenvalue weighted by Crippen LogP contribution is -2.34. The lowest BCUT2D eigenvalue weighted by atomic mass is 10.1. The van der Waals surface area contributed by atoms with Crippen LogP contribution in [0.25, 0.3) is 0 Å². The van der Waals surface area contributed by atoms with Crippen molar-refractivity contribution in [2.45, 2.75) is 32.7 Å². The summed E-state index contributed by atoms with van der Waals surface area (Å²) in [6, 6.07) is 8.17. The van der Waals surface area contributed by atoms with Crippen molar-refractivity contribution < 1.29 is 4.79 Å². The molecule has 0 fully saturated rings. The van der Waals surface area contributed by atoms with Crippen LogP contribution in [0, 0.1) is 0 Å². The summed E-state index contributed by atoms with van der Waals surface area (Å²) in [5.74, 6) is 0.253. The molecule has 1 aromatic rings. The highest BCUT2D eigenvalue weighted by atomic mass is 16.2. The van der Waals surface area contributed by atoms with Gasteiger partial charge in [-0.3, -0.25) is 4.79 Å². The van der Waals surface area contributed by atoms with Crippen LogP contribution in [0.4, 0.5) is 5.69 Å². The monoisotopic (exact) mass is 232 g/mol. The van der Waals surface area contributed by atoms with Gasteiger partial charge in [-0.25, -0.2) is 0 Å². The van der Waals surface area contributed by atoms with Crippen molar-refractivity contribution in [2.24, 2.45) is 0 Å². The number of rotatable bonds is 3. The highest BCUT2D eigenvalue weighted by molar-refractivity contribution is 5.94. The van der Waals surface area contributed by atoms with Gasteiger partial charge in [0.1, 0.15) is 0 Å². The lowest BCUT2D eigenvalue weighted by molar-refractivity contribution is -0.118. The highest BCUT2D eigenvalue weighted by Gasteiger charge is 2.19. The van der Waals surface area contributed by atoms with Gasteiger partial charge in [0.25, 0.3) is 0 Å². The molecule has 1 N–H and O–H groups in total. The number of benzene rings is 1. The average Bonchev–Trinajstić information content (AvgIpc) is 2.58. The van der Waals surface area contributed by atoms with Gasteiger partial charge in [-0.1, -0.05) is 31.5 Å². The maximum Gasteiger partial charge on any atom is 0.227 e. The molecule has 0 spiro atoms. The number of para-hydroxylation sites is 1. The molecule has 0 saturated heterocycles. The second-order valence-electron chi connectivity index (χ2n) is 4.45. The molecule has 1 aliphatic rings. The first-order valence-electron chi connectivity index (χ1n) is 6.42. The summed E-state index contributed by atoms with van der Waals surface area (Å²) in [5, 5.41) is 3.35. The molecular weight excluding hydrogens is 212 g/mol. The van der Waals surface area contributed by atoms with E-state index in [2.05, 4.69) is 18.3 Å². The van der Waals surface area contributed by atoms with E-state index >= 15 is 0 Å². The van der Waals surface area contributed by atoms with Gasteiger partial charge in [-0.15, -0.1) is 0 Å². The first-order chi connectivity index (χ1) is 8.33. The lowest BCUT2D eigenvalue weighted by Gasteiger charge is -2.22. The number of carbonyl (C=O) groups excluding carboxylic acids is 1. The molecule has 0 aliphatic carbocycles. The maximum absolute atomic E-state index is 12.2. The van der Waals surface area contributed by atoms with Crippen LogP contribution in [0.3, 0.4) is 0 Å². The van der Waals surface area contributed by atoms with Crippen molar-refractivity contribution in [3.05, 3.63) is 29.8 Å². The van der Waals surface area contributed by atoms with Gasteiger partial charge in [-0.05, 0) is 18.1 Å². The number of unbranched alkanes of at least 4 members (excludes halogenated alkanes) is 1. The summed E-state index contributed by atoms with van der Waals surface area (Å²) in [7, 11) is 0. The van der Waals surface area contributed by atoms with Crippen molar-refractivity contribution in [1.82, 2.24) is 5.32 Å². The SMILES string of the molecule is CCCCC(=O)N1CCNCc2ccccc21. The third kappa shape index (κ3) is 2.86. The van der Waals surface area contributed by atoms with Crippen LogP contribution in [0.5, 0.6) is 0 Å². The van der Waals surface area contributed by atoms with E-state index in [-0.39, 0.29) is 5.91 Å². The zero-order valence-corrected chi connectivity index (χ0v) is 10.4. The summed E-state index contributed by atoms with van der Waals surface area (Å²) in [6.45, 7) is 4.62. The summed E-state index contributed by atoms with van der Waals surface area (Å²) in [4.78, 5) is 14.1. The van der Waals surface area contributed by atoms with Gasteiger partial charge in [0.15, 0.2) is 0 Å². The van der Waals surface area contributed by atoms with E-state index in [0.717, 1.165) is 38.2 Å². The van der Waals surface area contributed by atoms with E-state index in [1.54, 1.807) is 0 Å². The van der Waals surface area contributed by atoms with Crippen molar-refractivity contribution >= 4 is 11.6 Å². The molecule has 3 nitrogen and oxygen atoms in total. The molecule has 0 radical (unpaired) electrons. The number of carbonyl (C=O) groups is 1. The van der Waals surface area contributed by atoms with Gasteiger partial charge in [0.05, 0.1) is 0 Å². The second kappa shape index (κ2) is 5.82. The number of hydrogen-bond donors (Lipinski definition) is 1. The van der Waals surface area contributed by atoms with E-state index in [0.29, 0.717) is 6.42 Å². The average molecular weight is 232 g/mol. The number of fused-ring (bicyclic) bond motifs is 1. The third-order valence-corrected chi connectivity index (χ3v) is 3.16. The fourth-order valence-electron chi connectivity index (χ4n) is 2.18. The van der Waals surface area contributed by atoms with Crippen LogP contribution in [-0.4, -0.2) is 19.0 Å². The molecule has 0 saturated carbocycles. The Bertz CT molecular complexity index is 390. The number of nitrogens with one attached hydrogen (secondary N) is 1. The Morgan fingerprint density at radius 2 is 2.24 bits per heavy atom. The number of amides is 1. The molecule has 0 atom stereocenters. The van der Waals surface area contributed by atoms with Crippen molar-refractivity contribution in [3.63, 3.8) is 0 Å². The third-order valence-electron chi connectivity index (χ3n) is 3.16. The fraction of sp³-hybridized carbons (Fsp3) is 0.500. The minimum absolute atomic E-state index is 0.253. The van der Waals surface area contributed by atoms with Gasteiger partial charge in [0.2, 0.25) is 5.91 Å². The van der Waals surface area contributed by atoms with E-state index in [1.807, 2.05) is 23.1 Å². The molecule has 0 aromatic heterocycles. The summed E-state index contributed by atoms with van der Waals surface area (Å²) in [6.07, 6.45) is 2.70. The molecule has 1 heterocycles. The Morgan fingerprint density at radius 3 is 3.06 bits per heavy atom. The first-order valence-corrected chi connectivity index (χ1v) is 6.42. The Hall–Kier alpha value is -1.35. The van der Waals surface area contributed by atoms with Crippen molar-refractivity contribution in [2.75, 3.05) is 18.0 Å². The second-order valence-corrected chi connectivity index (χ2v) is 4.45. The summed E-state index contributed by atoms with van der Waals surface area (Å²) in [5.41, 5.74) is 2.30. The Morgan fingerprint density at radius 1 is 1.41 bits per heavy atom. The number of hydrogen-bond acceptors (Lipinski definition) is 2. The van der Waals surface area contributed by atoms with Gasteiger partial charge in [0, 0.05) is 31.7 Å². The molecule has 0 unspecified atom stereocenters. The minimum atomic E-state index is 0.253. The molecular formula is C14H20N2O. The summed E-state index contributed by atoms with van der Waals surface area (Å²) < 4.78 is 0. The van der Waals surface area contributed by atoms with Crippen molar-refractivity contribution in [1.29, 1.82) is 0 Å². The predicted octanol–water partition coefficient (Wildman–Crippen LogP) is 2.31. The van der Waals surface area contributed by atoms with E-state index in [1.165, 1.54) is 5.56 Å². The summed E-state index contributed by atoms with van der Waals surface area (Å²) >= 11 is 0. The Kier molecular flexibility index (Phi) is 4.15. The Balaban J connectivity index is 2.19. The molecule has 92 valence electrons. The highest BCUT2D eigenvalue weighted by Crippen LogP contribution is 2.23. The van der Waals surface area contributed by atoms with Gasteiger partial charge >= 0.3 is 0 Å². The molecule has 0 bridgehead atoms. The van der Waals surface area contributed by atoms with Gasteiger partial charge in [-0.2, -0.15) is 0 Å². The molecule has 1 aromatic carbocycles. The Labute approximate surface area is 103 Å². The van der Waals surface area contributed by atoms with E-state index < -0.39 is 0 Å². The van der Waals surface area contributed by atoms with Crippen LogP contribution in [0.1, 0.15) is 31.7 Å². The van der Waals surface area contributed by atoms with Crippen LogP contribution >= 0.6 is 0 Å². The van der Waals surface area contributed by atoms with E-state index in [4.69, 9.17) is 0 Å². The number of anilines is 1. The van der Waals surface area contributed by atoms with Crippen LogP contribution in [0.15, 0.2) is 24.3 Å². The maximum atomic E-state index is 12.2. The van der Waals surface area contributed by atoms with Crippen LogP contribution in [-0.2, 0) is 11.3 Å². The van der Waals surface area contributed by atoms with E-state index in [9.17, 15) is 4.79 Å². The van der Waals surface area contributed by atoms with Crippen LogP contribution < -0.4 is 10.2 Å². The standard InChI is InChI=1S/C14H20N2O/c1-2-3-8-14(17)16-10-9-15-11-12-6-4-5-7-13(12)16/h4-7,15H,2-3,8-11H2,1H3. The van der Waals surface area contributed by atoms with Crippen LogP contribution in [0.2, 0.25) is 0 Å². The first kappa shape index (κ1) is 12.1.